The Balaban J connectivity index is 0.896. The van der Waals surface area contributed by atoms with Crippen molar-refractivity contribution in [1.82, 2.24) is 9.80 Å². The molecule has 2 saturated heterocycles. The minimum atomic E-state index is -0.358. The monoisotopic (exact) mass is 796 g/mol. The van der Waals surface area contributed by atoms with Crippen LogP contribution in [0, 0.1) is 0 Å². The van der Waals surface area contributed by atoms with E-state index in [4.69, 9.17) is 24.4 Å². The summed E-state index contributed by atoms with van der Waals surface area (Å²) >= 11 is 16.6. The van der Waals surface area contributed by atoms with E-state index in [2.05, 4.69) is 0 Å². The largest absolute Gasteiger partial charge is 0.293 e. The molecule has 0 spiro atoms. The lowest BCUT2D eigenvalue weighted by atomic mass is 10.2. The van der Waals surface area contributed by atoms with Crippen LogP contribution in [-0.2, 0) is 19.2 Å². The minimum Gasteiger partial charge on any atom is -0.293 e. The summed E-state index contributed by atoms with van der Waals surface area (Å²) in [6, 6.07) is 31.3. The van der Waals surface area contributed by atoms with Gasteiger partial charge in [-0.25, -0.2) is 0 Å². The molecule has 0 radical (unpaired) electrons. The Morgan fingerprint density at radius 3 is 1.12 bits per heavy atom. The van der Waals surface area contributed by atoms with Crippen LogP contribution in [0.4, 0.5) is 22.7 Å². The fourth-order valence-corrected chi connectivity index (χ4v) is 11.3. The smallest absolute Gasteiger partial charge is 0.267 e. The van der Waals surface area contributed by atoms with Gasteiger partial charge in [0, 0.05) is 45.5 Å². The van der Waals surface area contributed by atoms with E-state index in [-0.39, 0.29) is 59.4 Å². The first kappa shape index (κ1) is 35.1. The second-order valence-corrected chi connectivity index (χ2v) is 17.5. The van der Waals surface area contributed by atoms with E-state index in [0.29, 0.717) is 21.5 Å². The topological polar surface area (TPSA) is 81.2 Å². The van der Waals surface area contributed by atoms with Gasteiger partial charge >= 0.3 is 0 Å². The predicted molar refractivity (Wildman–Crippen MR) is 218 cm³/mol. The van der Waals surface area contributed by atoms with Gasteiger partial charge in [0.2, 0.25) is 11.8 Å². The number of carbonyl (C=O) groups excluding carboxylic acids is 4. The van der Waals surface area contributed by atoms with Crippen LogP contribution >= 0.6 is 71.5 Å². The maximum atomic E-state index is 13.6. The number of thioether (sulfide) groups is 2. The van der Waals surface area contributed by atoms with Crippen LogP contribution < -0.4 is 9.80 Å². The number of benzene rings is 4. The van der Waals surface area contributed by atoms with Crippen molar-refractivity contribution in [2.75, 3.05) is 22.9 Å². The number of hydrogen-bond acceptors (Lipinski definition) is 10. The fraction of sp³-hybridized carbons (Fsp3) is 0.158. The van der Waals surface area contributed by atoms with Gasteiger partial charge < -0.3 is 0 Å². The highest BCUT2D eigenvalue weighted by Crippen LogP contribution is 2.50. The molecule has 0 N–H and O–H groups in total. The van der Waals surface area contributed by atoms with E-state index in [9.17, 15) is 19.2 Å². The average Bonchev–Trinajstić information content (AvgIpc) is 3.60. The van der Waals surface area contributed by atoms with E-state index in [1.165, 1.54) is 9.80 Å². The summed E-state index contributed by atoms with van der Waals surface area (Å²) in [6.45, 7) is 0.491. The zero-order chi connectivity index (χ0) is 35.9. The number of rotatable bonds is 8. The molecular formula is C38H28N4O4S6. The number of anilines is 4. The summed E-state index contributed by atoms with van der Waals surface area (Å²) in [7, 11) is 0. The van der Waals surface area contributed by atoms with E-state index in [0.717, 1.165) is 65.9 Å². The van der Waals surface area contributed by atoms with Crippen LogP contribution in [0.15, 0.2) is 126 Å². The van der Waals surface area contributed by atoms with Crippen molar-refractivity contribution in [3.05, 3.63) is 107 Å². The summed E-state index contributed by atoms with van der Waals surface area (Å²) in [6.07, 6.45) is 1.19. The molecule has 0 atom stereocenters. The third kappa shape index (κ3) is 6.49. The van der Waals surface area contributed by atoms with Crippen LogP contribution in [0.2, 0.25) is 0 Å². The van der Waals surface area contributed by atoms with Crippen LogP contribution in [-0.4, -0.2) is 55.2 Å². The highest BCUT2D eigenvalue weighted by Gasteiger charge is 2.42. The van der Waals surface area contributed by atoms with Crippen molar-refractivity contribution < 1.29 is 19.2 Å². The molecule has 14 heteroatoms. The van der Waals surface area contributed by atoms with Gasteiger partial charge in [-0.1, -0.05) is 120 Å². The second-order valence-electron chi connectivity index (χ2n) is 12.0. The van der Waals surface area contributed by atoms with Crippen molar-refractivity contribution >= 4 is 127 Å². The zero-order valence-corrected chi connectivity index (χ0v) is 32.3. The molecule has 4 aromatic rings. The first-order chi connectivity index (χ1) is 25.3. The highest BCUT2D eigenvalue weighted by atomic mass is 32.2. The fourth-order valence-electron chi connectivity index (χ4n) is 6.40. The average molecular weight is 797 g/mol. The van der Waals surface area contributed by atoms with Gasteiger partial charge in [0.25, 0.3) is 11.8 Å². The normalized spacial score (nSPS) is 17.7. The van der Waals surface area contributed by atoms with Crippen molar-refractivity contribution in [1.29, 1.82) is 0 Å². The summed E-state index contributed by atoms with van der Waals surface area (Å²) in [5, 5.41) is 0. The molecule has 0 aromatic heterocycles. The Labute approximate surface area is 328 Å². The Hall–Kier alpha value is -3.92. The number of amides is 4. The van der Waals surface area contributed by atoms with E-state index in [1.807, 2.05) is 97.1 Å². The summed E-state index contributed by atoms with van der Waals surface area (Å²) in [5.41, 5.74) is 3.37. The molecule has 4 amide bonds. The third-order valence-corrected chi connectivity index (χ3v) is 14.1. The predicted octanol–water partition coefficient (Wildman–Crippen LogP) is 9.14. The number of hydrogen-bond donors (Lipinski definition) is 0. The van der Waals surface area contributed by atoms with Gasteiger partial charge in [0.1, 0.15) is 8.64 Å². The molecule has 8 rings (SSSR count). The lowest BCUT2D eigenvalue weighted by molar-refractivity contribution is -0.125. The lowest BCUT2D eigenvalue weighted by Gasteiger charge is -2.31. The number of nitrogens with zero attached hydrogens (tertiary/aromatic N) is 4. The molecule has 0 aliphatic carbocycles. The van der Waals surface area contributed by atoms with Gasteiger partial charge in [-0.2, -0.15) is 0 Å². The zero-order valence-electron chi connectivity index (χ0n) is 27.4. The van der Waals surface area contributed by atoms with Crippen LogP contribution in [0.25, 0.3) is 0 Å². The van der Waals surface area contributed by atoms with Crippen molar-refractivity contribution in [3.63, 3.8) is 0 Å². The molecule has 8 nitrogen and oxygen atoms in total. The Bertz CT molecular complexity index is 2000. The van der Waals surface area contributed by atoms with Crippen LogP contribution in [0.3, 0.4) is 0 Å². The first-order valence-electron chi connectivity index (χ1n) is 16.5. The maximum Gasteiger partial charge on any atom is 0.267 e. The highest BCUT2D eigenvalue weighted by molar-refractivity contribution is 8.29. The first-order valence-corrected chi connectivity index (χ1v) is 20.6. The minimum absolute atomic E-state index is 0.0717. The number of fused-ring (bicyclic) bond motifs is 4. The SMILES string of the molecule is O=C1/C(=C2\SC(=S)N(CCCC(=O)N3c4ccccc4Sc4ccccc43)C2=O)SC(=S)N1CCCC(=O)N1c2ccccc2Sc2ccccc21. The Morgan fingerprint density at radius 2 is 0.788 bits per heavy atom. The molecule has 4 aliphatic rings. The standard InChI is InChI=1S/C38H28N4O4S6/c43-31(41-23-11-1-5-15-27(23)49-28-16-6-2-12-24(28)41)19-9-21-39-35(45)33(51-37(39)47)34-36(46)40(38(48)52-34)22-10-20-32(44)42-25-13-3-7-17-29(25)50-30-18-8-4-14-26(30)42/h1-8,11-18H,9-10,19-22H2/b34-33+. The van der Waals surface area contributed by atoms with Crippen LogP contribution in [0.1, 0.15) is 25.7 Å². The van der Waals surface area contributed by atoms with Crippen molar-refractivity contribution in [3.8, 4) is 0 Å². The molecule has 4 heterocycles. The molecule has 260 valence electrons. The maximum absolute atomic E-state index is 13.6. The second kappa shape index (κ2) is 14.8. The molecule has 4 aromatic carbocycles. The summed E-state index contributed by atoms with van der Waals surface area (Å²) < 4.78 is 0.683. The van der Waals surface area contributed by atoms with Gasteiger partial charge in [0.15, 0.2) is 0 Å². The van der Waals surface area contributed by atoms with E-state index >= 15 is 0 Å². The summed E-state index contributed by atoms with van der Waals surface area (Å²) in [4.78, 5) is 65.5. The number of thiocarbonyl (C=S) groups is 2. The van der Waals surface area contributed by atoms with Gasteiger partial charge in [-0.15, -0.1) is 0 Å². The molecular weight excluding hydrogens is 769 g/mol. The van der Waals surface area contributed by atoms with Gasteiger partial charge in [-0.3, -0.25) is 38.8 Å². The Kier molecular flexibility index (Phi) is 10.0. The third-order valence-electron chi connectivity index (χ3n) is 8.81. The quantitative estimate of drug-likeness (QED) is 0.127. The van der Waals surface area contributed by atoms with Crippen LogP contribution in [0.5, 0.6) is 0 Å². The molecule has 2 fully saturated rings. The molecule has 52 heavy (non-hydrogen) atoms. The summed E-state index contributed by atoms with van der Waals surface area (Å²) in [5.74, 6) is -0.859. The number of para-hydroxylation sites is 4. The molecule has 0 unspecified atom stereocenters. The van der Waals surface area contributed by atoms with Gasteiger partial charge in [0.05, 0.1) is 32.6 Å². The number of carbonyl (C=O) groups is 4. The molecule has 0 bridgehead atoms. The van der Waals surface area contributed by atoms with Gasteiger partial charge in [-0.05, 0) is 61.4 Å². The molecule has 4 aliphatic heterocycles. The van der Waals surface area contributed by atoms with Crippen molar-refractivity contribution in [2.45, 2.75) is 45.3 Å². The molecule has 0 saturated carbocycles. The van der Waals surface area contributed by atoms with E-state index < -0.39 is 0 Å². The van der Waals surface area contributed by atoms with Crippen molar-refractivity contribution in [2.24, 2.45) is 0 Å². The van der Waals surface area contributed by atoms with E-state index in [1.54, 1.807) is 33.3 Å². The lowest BCUT2D eigenvalue weighted by Crippen LogP contribution is -2.33. The Morgan fingerprint density at radius 1 is 0.481 bits per heavy atom.